The lowest BCUT2D eigenvalue weighted by Crippen LogP contribution is -2.39. The van der Waals surface area contributed by atoms with Gasteiger partial charge in [0.2, 0.25) is 0 Å². The molecule has 0 amide bonds. The lowest BCUT2D eigenvalue weighted by atomic mass is 9.75. The van der Waals surface area contributed by atoms with Crippen LogP contribution >= 0.6 is 0 Å². The first-order valence-corrected chi connectivity index (χ1v) is 4.68. The molecule has 1 unspecified atom stereocenters. The molecule has 1 atom stereocenters. The van der Waals surface area contributed by atoms with E-state index in [1.54, 1.807) is 0 Å². The fourth-order valence-corrected chi connectivity index (χ4v) is 2.15. The smallest absolute Gasteiger partial charge is 0.120 e. The van der Waals surface area contributed by atoms with Crippen molar-refractivity contribution in [2.75, 3.05) is 0 Å². The molecular formula is C10H18O2. The largest absolute Gasteiger partial charge is 0.389 e. The Hall–Kier alpha value is -0.370. The minimum atomic E-state index is -0.589. The number of aldehydes is 1. The van der Waals surface area contributed by atoms with Gasteiger partial charge in [-0.1, -0.05) is 13.8 Å². The van der Waals surface area contributed by atoms with Crippen molar-refractivity contribution < 1.29 is 9.90 Å². The molecule has 0 aliphatic heterocycles. The van der Waals surface area contributed by atoms with Crippen molar-refractivity contribution in [1.29, 1.82) is 0 Å². The van der Waals surface area contributed by atoms with Gasteiger partial charge in [0.05, 0.1) is 5.60 Å². The van der Waals surface area contributed by atoms with E-state index in [9.17, 15) is 9.90 Å². The van der Waals surface area contributed by atoms with E-state index < -0.39 is 5.60 Å². The summed E-state index contributed by atoms with van der Waals surface area (Å²) in [4.78, 5) is 10.2. The Kier molecular flexibility index (Phi) is 2.57. The number of hydrogen-bond acceptors (Lipinski definition) is 2. The molecule has 0 saturated heterocycles. The van der Waals surface area contributed by atoms with E-state index in [2.05, 4.69) is 13.8 Å². The van der Waals surface area contributed by atoms with Crippen LogP contribution in [-0.2, 0) is 4.79 Å². The van der Waals surface area contributed by atoms with Crippen LogP contribution in [0.15, 0.2) is 0 Å². The van der Waals surface area contributed by atoms with Gasteiger partial charge < -0.3 is 9.90 Å². The highest BCUT2D eigenvalue weighted by Crippen LogP contribution is 2.48. The fourth-order valence-electron chi connectivity index (χ4n) is 2.15. The van der Waals surface area contributed by atoms with Gasteiger partial charge in [-0.25, -0.2) is 0 Å². The standard InChI is InChI=1S/C10H18O2/c1-9(2)5-3-6-10(9,12)7-4-8-11/h8,12H,3-7H2,1-2H3. The monoisotopic (exact) mass is 170 g/mol. The molecule has 12 heavy (non-hydrogen) atoms. The van der Waals surface area contributed by atoms with Crippen LogP contribution in [0.5, 0.6) is 0 Å². The van der Waals surface area contributed by atoms with E-state index in [1.165, 1.54) is 0 Å². The number of carbonyl (C=O) groups excluding carboxylic acids is 1. The van der Waals surface area contributed by atoms with Crippen molar-refractivity contribution in [1.82, 2.24) is 0 Å². The Morgan fingerprint density at radius 2 is 2.08 bits per heavy atom. The van der Waals surface area contributed by atoms with E-state index in [4.69, 9.17) is 0 Å². The fraction of sp³-hybridized carbons (Fsp3) is 0.900. The molecule has 1 fully saturated rings. The molecule has 0 aromatic carbocycles. The summed E-state index contributed by atoms with van der Waals surface area (Å²) in [6.07, 6.45) is 5.02. The second kappa shape index (κ2) is 3.17. The molecule has 1 saturated carbocycles. The lowest BCUT2D eigenvalue weighted by Gasteiger charge is -2.36. The number of aliphatic hydroxyl groups is 1. The van der Waals surface area contributed by atoms with Crippen molar-refractivity contribution in [3.05, 3.63) is 0 Å². The minimum absolute atomic E-state index is 0.00396. The maximum absolute atomic E-state index is 10.2. The van der Waals surface area contributed by atoms with Crippen LogP contribution in [0.1, 0.15) is 46.0 Å². The molecule has 2 nitrogen and oxygen atoms in total. The molecule has 0 bridgehead atoms. The van der Waals surface area contributed by atoms with Crippen LogP contribution in [-0.4, -0.2) is 17.0 Å². The summed E-state index contributed by atoms with van der Waals surface area (Å²) < 4.78 is 0. The number of rotatable bonds is 3. The Bertz CT molecular complexity index is 175. The van der Waals surface area contributed by atoms with Crippen LogP contribution in [0.25, 0.3) is 0 Å². The first kappa shape index (κ1) is 9.72. The van der Waals surface area contributed by atoms with Gasteiger partial charge in [-0.2, -0.15) is 0 Å². The average molecular weight is 170 g/mol. The third-order valence-corrected chi connectivity index (χ3v) is 3.33. The first-order valence-electron chi connectivity index (χ1n) is 4.68. The van der Waals surface area contributed by atoms with Crippen LogP contribution in [0.2, 0.25) is 0 Å². The predicted molar refractivity (Wildman–Crippen MR) is 47.9 cm³/mol. The molecule has 2 heteroatoms. The van der Waals surface area contributed by atoms with Crippen molar-refractivity contribution in [3.8, 4) is 0 Å². The molecule has 70 valence electrons. The predicted octanol–water partition coefficient (Wildman–Crippen LogP) is 1.91. The van der Waals surface area contributed by atoms with Gasteiger partial charge in [0.25, 0.3) is 0 Å². The van der Waals surface area contributed by atoms with Gasteiger partial charge >= 0.3 is 0 Å². The summed E-state index contributed by atoms with van der Waals surface area (Å²) in [5.74, 6) is 0. The molecule has 0 aromatic rings. The third-order valence-electron chi connectivity index (χ3n) is 3.33. The Morgan fingerprint density at radius 1 is 1.42 bits per heavy atom. The number of hydrogen-bond donors (Lipinski definition) is 1. The van der Waals surface area contributed by atoms with Crippen molar-refractivity contribution in [2.24, 2.45) is 5.41 Å². The van der Waals surface area contributed by atoms with E-state index in [0.717, 1.165) is 25.5 Å². The maximum atomic E-state index is 10.2. The highest BCUT2D eigenvalue weighted by Gasteiger charge is 2.46. The van der Waals surface area contributed by atoms with Crippen LogP contribution < -0.4 is 0 Å². The van der Waals surface area contributed by atoms with Gasteiger partial charge in [0.15, 0.2) is 0 Å². The van der Waals surface area contributed by atoms with Gasteiger partial charge in [0, 0.05) is 6.42 Å². The van der Waals surface area contributed by atoms with E-state index >= 15 is 0 Å². The maximum Gasteiger partial charge on any atom is 0.120 e. The first-order chi connectivity index (χ1) is 5.52. The SMILES string of the molecule is CC1(C)CCCC1(O)CCC=O. The van der Waals surface area contributed by atoms with Crippen LogP contribution in [0.3, 0.4) is 0 Å². The molecule has 1 N–H and O–H groups in total. The quantitative estimate of drug-likeness (QED) is 0.657. The van der Waals surface area contributed by atoms with E-state index in [0.29, 0.717) is 12.8 Å². The topological polar surface area (TPSA) is 37.3 Å². The summed E-state index contributed by atoms with van der Waals surface area (Å²) in [5.41, 5.74) is -0.593. The third kappa shape index (κ3) is 1.53. The van der Waals surface area contributed by atoms with Gasteiger partial charge in [-0.05, 0) is 31.1 Å². The van der Waals surface area contributed by atoms with Crippen LogP contribution in [0.4, 0.5) is 0 Å². The zero-order valence-corrected chi connectivity index (χ0v) is 7.97. The zero-order valence-electron chi connectivity index (χ0n) is 7.97. The normalized spacial score (nSPS) is 33.6. The molecule has 1 rings (SSSR count). The summed E-state index contributed by atoms with van der Waals surface area (Å²) in [6.45, 7) is 4.18. The van der Waals surface area contributed by atoms with Crippen molar-refractivity contribution in [2.45, 2.75) is 51.6 Å². The second-order valence-electron chi connectivity index (χ2n) is 4.47. The van der Waals surface area contributed by atoms with E-state index in [-0.39, 0.29) is 5.41 Å². The molecule has 0 heterocycles. The second-order valence-corrected chi connectivity index (χ2v) is 4.47. The van der Waals surface area contributed by atoms with E-state index in [1.807, 2.05) is 0 Å². The zero-order chi connectivity index (χ0) is 9.24. The summed E-state index contributed by atoms with van der Waals surface area (Å²) in [5, 5.41) is 10.2. The average Bonchev–Trinajstić information content (AvgIpc) is 2.24. The Balaban J connectivity index is 2.62. The number of carbonyl (C=O) groups is 1. The van der Waals surface area contributed by atoms with Crippen molar-refractivity contribution in [3.63, 3.8) is 0 Å². The molecular weight excluding hydrogens is 152 g/mol. The van der Waals surface area contributed by atoms with Gasteiger partial charge in [-0.3, -0.25) is 0 Å². The molecule has 1 aliphatic carbocycles. The lowest BCUT2D eigenvalue weighted by molar-refractivity contribution is -0.110. The Morgan fingerprint density at radius 3 is 2.50 bits per heavy atom. The van der Waals surface area contributed by atoms with Gasteiger partial charge in [0.1, 0.15) is 6.29 Å². The highest BCUT2D eigenvalue weighted by molar-refractivity contribution is 5.49. The van der Waals surface area contributed by atoms with Crippen LogP contribution in [0, 0.1) is 5.41 Å². The molecule has 0 aromatic heterocycles. The van der Waals surface area contributed by atoms with Crippen molar-refractivity contribution >= 4 is 6.29 Å². The summed E-state index contributed by atoms with van der Waals surface area (Å²) >= 11 is 0. The summed E-state index contributed by atoms with van der Waals surface area (Å²) in [6, 6.07) is 0. The minimum Gasteiger partial charge on any atom is -0.389 e. The van der Waals surface area contributed by atoms with Gasteiger partial charge in [-0.15, -0.1) is 0 Å². The molecule has 1 aliphatic rings. The molecule has 0 spiro atoms. The Labute approximate surface area is 74.0 Å². The summed E-state index contributed by atoms with van der Waals surface area (Å²) in [7, 11) is 0. The highest BCUT2D eigenvalue weighted by atomic mass is 16.3. The molecule has 0 radical (unpaired) electrons.